The monoisotopic (exact) mass is 166 g/mol. The molecule has 0 atom stereocenters. The highest BCUT2D eigenvalue weighted by molar-refractivity contribution is 5.45. The van der Waals surface area contributed by atoms with Crippen LogP contribution in [0.4, 0.5) is 5.69 Å². The average molecular weight is 166 g/mol. The molecule has 1 aromatic rings. The topological polar surface area (TPSA) is 49.5 Å². The number of hydrogen-bond acceptors (Lipinski definition) is 3. The Bertz CT molecular complexity index is 233. The van der Waals surface area contributed by atoms with Gasteiger partial charge in [0.1, 0.15) is 0 Å². The summed E-state index contributed by atoms with van der Waals surface area (Å²) >= 11 is 0. The minimum absolute atomic E-state index is 0.0738. The van der Waals surface area contributed by atoms with Gasteiger partial charge in [-0.05, 0) is 19.1 Å². The van der Waals surface area contributed by atoms with Gasteiger partial charge in [-0.3, -0.25) is 0 Å². The first kappa shape index (κ1) is 9.03. The van der Waals surface area contributed by atoms with Crippen LogP contribution in [0.25, 0.3) is 0 Å². The first-order chi connectivity index (χ1) is 5.74. The van der Waals surface area contributed by atoms with Crippen molar-refractivity contribution in [3.05, 3.63) is 29.8 Å². The molecule has 12 heavy (non-hydrogen) atoms. The third-order valence-corrected chi connectivity index (χ3v) is 1.71. The van der Waals surface area contributed by atoms with E-state index in [2.05, 4.69) is 0 Å². The van der Waals surface area contributed by atoms with Crippen LogP contribution in [0.3, 0.4) is 0 Å². The van der Waals surface area contributed by atoms with Gasteiger partial charge in [-0.1, -0.05) is 17.7 Å². The average Bonchev–Trinajstić information content (AvgIpc) is 2.06. The number of aryl methyl sites for hydroxylation is 1. The maximum absolute atomic E-state index is 8.63. The van der Waals surface area contributed by atoms with Crippen molar-refractivity contribution in [1.82, 2.24) is 0 Å². The van der Waals surface area contributed by atoms with Crippen molar-refractivity contribution in [3.8, 4) is 0 Å². The zero-order chi connectivity index (χ0) is 8.97. The number of rotatable bonds is 3. The van der Waals surface area contributed by atoms with Crippen LogP contribution in [-0.2, 0) is 0 Å². The summed E-state index contributed by atoms with van der Waals surface area (Å²) in [7, 11) is 0. The molecule has 1 aromatic carbocycles. The highest BCUT2D eigenvalue weighted by Gasteiger charge is 1.98. The molecule has 0 aromatic heterocycles. The van der Waals surface area contributed by atoms with Crippen molar-refractivity contribution in [3.63, 3.8) is 0 Å². The largest absolute Gasteiger partial charge is 0.394 e. The Morgan fingerprint density at radius 1 is 1.33 bits per heavy atom. The number of anilines is 1. The minimum atomic E-state index is 0.0738. The number of hydrogen-bond donors (Lipinski definition) is 2. The molecule has 0 bridgehead atoms. The molecule has 0 amide bonds. The van der Waals surface area contributed by atoms with Crippen LogP contribution in [0, 0.1) is 6.92 Å². The van der Waals surface area contributed by atoms with Gasteiger partial charge >= 0.3 is 0 Å². The summed E-state index contributed by atoms with van der Waals surface area (Å²) in [5.41, 5.74) is 2.13. The standard InChI is InChI=1S/C9H14N2O/c1-8-2-4-9(5-3-8)11(10)6-7-12/h2-5,12H,6-7,10H2,1H3. The Hall–Kier alpha value is -1.06. The number of nitrogens with two attached hydrogens (primary N) is 1. The molecule has 0 aliphatic heterocycles. The van der Waals surface area contributed by atoms with Gasteiger partial charge in [-0.25, -0.2) is 5.84 Å². The summed E-state index contributed by atoms with van der Waals surface area (Å²) in [6.07, 6.45) is 0. The smallest absolute Gasteiger partial charge is 0.0622 e. The zero-order valence-electron chi connectivity index (χ0n) is 7.20. The molecule has 0 saturated heterocycles. The predicted octanol–water partition coefficient (Wildman–Crippen LogP) is 0.667. The van der Waals surface area contributed by atoms with Gasteiger partial charge in [-0.2, -0.15) is 0 Å². The normalized spacial score (nSPS) is 9.92. The number of nitrogens with zero attached hydrogens (tertiary/aromatic N) is 1. The molecule has 0 saturated carbocycles. The van der Waals surface area contributed by atoms with Crippen molar-refractivity contribution in [2.24, 2.45) is 5.84 Å². The Morgan fingerprint density at radius 3 is 2.42 bits per heavy atom. The molecule has 0 unspecified atom stereocenters. The zero-order valence-corrected chi connectivity index (χ0v) is 7.20. The van der Waals surface area contributed by atoms with E-state index in [0.717, 1.165) is 5.69 Å². The van der Waals surface area contributed by atoms with E-state index >= 15 is 0 Å². The van der Waals surface area contributed by atoms with E-state index in [1.807, 2.05) is 31.2 Å². The molecule has 0 aliphatic rings. The second-order valence-electron chi connectivity index (χ2n) is 2.75. The van der Waals surface area contributed by atoms with E-state index in [9.17, 15) is 0 Å². The van der Waals surface area contributed by atoms with Gasteiger partial charge in [-0.15, -0.1) is 0 Å². The van der Waals surface area contributed by atoms with Crippen molar-refractivity contribution >= 4 is 5.69 Å². The molecular formula is C9H14N2O. The predicted molar refractivity (Wildman–Crippen MR) is 49.8 cm³/mol. The molecule has 0 fully saturated rings. The maximum Gasteiger partial charge on any atom is 0.0622 e. The SMILES string of the molecule is Cc1ccc(N(N)CCO)cc1. The van der Waals surface area contributed by atoms with Crippen LogP contribution in [0.2, 0.25) is 0 Å². The fourth-order valence-electron chi connectivity index (χ4n) is 0.973. The van der Waals surface area contributed by atoms with Gasteiger partial charge < -0.3 is 10.1 Å². The molecular weight excluding hydrogens is 152 g/mol. The maximum atomic E-state index is 8.63. The van der Waals surface area contributed by atoms with Gasteiger partial charge in [0.15, 0.2) is 0 Å². The lowest BCUT2D eigenvalue weighted by Crippen LogP contribution is -2.33. The third-order valence-electron chi connectivity index (χ3n) is 1.71. The summed E-state index contributed by atoms with van der Waals surface area (Å²) < 4.78 is 0. The summed E-state index contributed by atoms with van der Waals surface area (Å²) in [4.78, 5) is 0. The number of benzene rings is 1. The highest BCUT2D eigenvalue weighted by Crippen LogP contribution is 2.10. The first-order valence-electron chi connectivity index (χ1n) is 3.94. The van der Waals surface area contributed by atoms with Crippen molar-refractivity contribution < 1.29 is 5.11 Å². The van der Waals surface area contributed by atoms with Gasteiger partial charge in [0.25, 0.3) is 0 Å². The molecule has 0 spiro atoms. The van der Waals surface area contributed by atoms with E-state index in [0.29, 0.717) is 6.54 Å². The molecule has 3 heteroatoms. The Balaban J connectivity index is 2.68. The molecule has 3 N–H and O–H groups in total. The summed E-state index contributed by atoms with van der Waals surface area (Å²) in [6.45, 7) is 2.56. The van der Waals surface area contributed by atoms with Gasteiger partial charge in [0.05, 0.1) is 18.8 Å². The molecule has 0 heterocycles. The molecule has 3 nitrogen and oxygen atoms in total. The molecule has 0 aliphatic carbocycles. The van der Waals surface area contributed by atoms with Crippen LogP contribution >= 0.6 is 0 Å². The van der Waals surface area contributed by atoms with Crippen LogP contribution in [0.5, 0.6) is 0 Å². The van der Waals surface area contributed by atoms with E-state index in [1.165, 1.54) is 10.6 Å². The van der Waals surface area contributed by atoms with Gasteiger partial charge in [0, 0.05) is 0 Å². The van der Waals surface area contributed by atoms with Crippen LogP contribution in [-0.4, -0.2) is 18.3 Å². The minimum Gasteiger partial charge on any atom is -0.394 e. The fraction of sp³-hybridized carbons (Fsp3) is 0.333. The summed E-state index contributed by atoms with van der Waals surface area (Å²) in [6, 6.07) is 7.86. The summed E-state index contributed by atoms with van der Waals surface area (Å²) in [5, 5.41) is 10.2. The lowest BCUT2D eigenvalue weighted by atomic mass is 10.2. The number of aliphatic hydroxyl groups is 1. The van der Waals surface area contributed by atoms with E-state index in [1.54, 1.807) is 0 Å². The van der Waals surface area contributed by atoms with Crippen molar-refractivity contribution in [2.45, 2.75) is 6.92 Å². The van der Waals surface area contributed by atoms with E-state index < -0.39 is 0 Å². The molecule has 66 valence electrons. The Kier molecular flexibility index (Phi) is 3.08. The molecule has 1 rings (SSSR count). The number of hydrazine groups is 1. The van der Waals surface area contributed by atoms with Crippen molar-refractivity contribution in [2.75, 3.05) is 18.2 Å². The highest BCUT2D eigenvalue weighted by atomic mass is 16.3. The van der Waals surface area contributed by atoms with Gasteiger partial charge in [0.2, 0.25) is 0 Å². The van der Waals surface area contributed by atoms with Crippen molar-refractivity contribution in [1.29, 1.82) is 0 Å². The summed E-state index contributed by atoms with van der Waals surface area (Å²) in [5.74, 6) is 5.63. The van der Waals surface area contributed by atoms with Crippen LogP contribution in [0.1, 0.15) is 5.56 Å². The first-order valence-corrected chi connectivity index (χ1v) is 3.94. The van der Waals surface area contributed by atoms with Crippen LogP contribution in [0.15, 0.2) is 24.3 Å². The van der Waals surface area contributed by atoms with E-state index in [-0.39, 0.29) is 6.61 Å². The lowest BCUT2D eigenvalue weighted by Gasteiger charge is -2.16. The van der Waals surface area contributed by atoms with E-state index in [4.69, 9.17) is 10.9 Å². The second kappa shape index (κ2) is 4.09. The lowest BCUT2D eigenvalue weighted by molar-refractivity contribution is 0.302. The Morgan fingerprint density at radius 2 is 1.92 bits per heavy atom. The number of aliphatic hydroxyl groups excluding tert-OH is 1. The third kappa shape index (κ3) is 2.22. The second-order valence-corrected chi connectivity index (χ2v) is 2.75. The fourth-order valence-corrected chi connectivity index (χ4v) is 0.973. The molecule has 0 radical (unpaired) electrons. The Labute approximate surface area is 72.4 Å². The quantitative estimate of drug-likeness (QED) is 0.512. The van der Waals surface area contributed by atoms with Crippen LogP contribution < -0.4 is 10.9 Å².